The number of aromatic hydroxyl groups is 3. The van der Waals surface area contributed by atoms with Gasteiger partial charge < -0.3 is 55.5 Å². The number of nitrogens with zero attached hydrogens (tertiary/aromatic N) is 1. The van der Waals surface area contributed by atoms with E-state index in [1.54, 1.807) is 33.8 Å². The number of Topliss-reactive ketones (excluding diaryl/α,β-unsaturated/α-hetero) is 1. The van der Waals surface area contributed by atoms with Crippen LogP contribution in [0.3, 0.4) is 0 Å². The highest BCUT2D eigenvalue weighted by Crippen LogP contribution is 2.55. The number of rotatable bonds is 4. The molecule has 2 aromatic carbocycles. The van der Waals surface area contributed by atoms with Gasteiger partial charge in [0.2, 0.25) is 0 Å². The van der Waals surface area contributed by atoms with E-state index in [-0.39, 0.29) is 33.4 Å². The van der Waals surface area contributed by atoms with Crippen LogP contribution in [0.25, 0.3) is 10.8 Å². The van der Waals surface area contributed by atoms with Crippen molar-refractivity contribution in [3.05, 3.63) is 52.8 Å². The third kappa shape index (κ3) is 8.29. The quantitative estimate of drug-likeness (QED) is 0.0723. The number of hydrogen-bond acceptors (Lipinski definition) is 14. The highest BCUT2D eigenvalue weighted by Gasteiger charge is 2.50. The number of ketones is 1. The lowest BCUT2D eigenvalue weighted by atomic mass is 9.78. The number of esters is 1. The molecule has 0 fully saturated rings. The number of carbonyl (C=O) groups excluding carboxylic acids is 4. The van der Waals surface area contributed by atoms with Gasteiger partial charge in [0.05, 0.1) is 53.0 Å². The number of aliphatic hydroxyl groups is 2. The molecule has 3 aliphatic heterocycles. The number of ether oxygens (including phenoxy) is 4. The molecule has 0 saturated carbocycles. The van der Waals surface area contributed by atoms with E-state index in [1.807, 2.05) is 5.43 Å². The molecule has 2 aromatic rings. The van der Waals surface area contributed by atoms with Gasteiger partial charge in [0.25, 0.3) is 11.7 Å². The number of anilines is 1. The summed E-state index contributed by atoms with van der Waals surface area (Å²) in [7, 11) is 1.40. The van der Waals surface area contributed by atoms with Gasteiger partial charge in [-0.2, -0.15) is 5.10 Å². The van der Waals surface area contributed by atoms with E-state index in [0.29, 0.717) is 0 Å². The molecule has 17 nitrogen and oxygen atoms in total. The molecule has 9 atom stereocenters. The fourth-order valence-electron chi connectivity index (χ4n) is 7.03. The Morgan fingerprint density at radius 1 is 0.982 bits per heavy atom. The van der Waals surface area contributed by atoms with E-state index in [9.17, 15) is 44.7 Å². The van der Waals surface area contributed by atoms with Gasteiger partial charge in [-0.25, -0.2) is 10.2 Å². The Bertz CT molecular complexity index is 2030. The summed E-state index contributed by atoms with van der Waals surface area (Å²) in [5.41, 5.74) is 6.04. The minimum atomic E-state index is -2.10. The zero-order chi connectivity index (χ0) is 42.0. The van der Waals surface area contributed by atoms with Gasteiger partial charge in [-0.1, -0.05) is 45.9 Å². The first-order chi connectivity index (χ1) is 26.2. The van der Waals surface area contributed by atoms with Crippen molar-refractivity contribution in [1.82, 2.24) is 5.43 Å². The minimum absolute atomic E-state index is 0.0154. The number of phenols is 3. The van der Waals surface area contributed by atoms with Crippen molar-refractivity contribution >= 4 is 46.4 Å². The van der Waals surface area contributed by atoms with Crippen molar-refractivity contribution in [3.63, 3.8) is 0 Å². The number of nitrogens with two attached hydrogens (primary N) is 1. The molecule has 0 aromatic heterocycles. The summed E-state index contributed by atoms with van der Waals surface area (Å²) < 4.78 is 23.3. The number of urea groups is 1. The Kier molecular flexibility index (Phi) is 13.1. The predicted octanol–water partition coefficient (Wildman–Crippen LogP) is 3.76. The van der Waals surface area contributed by atoms with Crippen LogP contribution in [0, 0.1) is 30.6 Å². The summed E-state index contributed by atoms with van der Waals surface area (Å²) in [6.07, 6.45) is 4.02. The Hall–Kier alpha value is -5.65. The van der Waals surface area contributed by atoms with Crippen molar-refractivity contribution < 1.29 is 63.7 Å². The second-order valence-corrected chi connectivity index (χ2v) is 14.4. The molecule has 56 heavy (non-hydrogen) atoms. The molecular formula is C39H50N4O13. The van der Waals surface area contributed by atoms with Crippen LogP contribution in [0.1, 0.15) is 70.0 Å². The smallest absolute Gasteiger partial charge is 0.332 e. The van der Waals surface area contributed by atoms with E-state index in [0.717, 1.165) is 12.5 Å². The lowest BCUT2D eigenvalue weighted by Crippen LogP contribution is -2.46. The van der Waals surface area contributed by atoms with E-state index >= 15 is 0 Å². The van der Waals surface area contributed by atoms with E-state index < -0.39 is 106 Å². The van der Waals surface area contributed by atoms with E-state index in [2.05, 4.69) is 10.4 Å². The number of amides is 3. The second kappa shape index (κ2) is 17.0. The number of phenolic OH excluding ortho intramolecular Hbond substituents is 3. The normalized spacial score (nSPS) is 30.9. The molecular weight excluding hydrogens is 732 g/mol. The van der Waals surface area contributed by atoms with Crippen LogP contribution in [0.5, 0.6) is 23.0 Å². The summed E-state index contributed by atoms with van der Waals surface area (Å²) in [5.74, 6) is -9.24. The predicted molar refractivity (Wildman–Crippen MR) is 204 cm³/mol. The summed E-state index contributed by atoms with van der Waals surface area (Å²) >= 11 is 0. The van der Waals surface area contributed by atoms with Gasteiger partial charge in [-0.3, -0.25) is 14.4 Å². The Morgan fingerprint density at radius 2 is 1.64 bits per heavy atom. The van der Waals surface area contributed by atoms with Crippen LogP contribution >= 0.6 is 0 Å². The number of benzene rings is 2. The monoisotopic (exact) mass is 782 g/mol. The average Bonchev–Trinajstić information content (AvgIpc) is 3.41. The number of carbonyl (C=O) groups is 4. The van der Waals surface area contributed by atoms with Crippen molar-refractivity contribution in [2.24, 2.45) is 34.5 Å². The summed E-state index contributed by atoms with van der Waals surface area (Å²) in [6.45, 7) is 12.2. The first-order valence-corrected chi connectivity index (χ1v) is 17.8. The van der Waals surface area contributed by atoms with Gasteiger partial charge in [0.1, 0.15) is 23.4 Å². The molecule has 5 bridgehead atoms. The van der Waals surface area contributed by atoms with Crippen molar-refractivity contribution in [2.75, 3.05) is 12.4 Å². The topological polar surface area (TPSA) is 269 Å². The maximum Gasteiger partial charge on any atom is 0.332 e. The molecule has 5 rings (SSSR count). The molecule has 3 aliphatic rings. The summed E-state index contributed by atoms with van der Waals surface area (Å²) in [4.78, 5) is 51.4. The largest absolute Gasteiger partial charge is 0.507 e. The van der Waals surface area contributed by atoms with Crippen LogP contribution in [0.15, 0.2) is 41.2 Å². The summed E-state index contributed by atoms with van der Waals surface area (Å²) in [6, 6.07) is -1.07. The minimum Gasteiger partial charge on any atom is -0.507 e. The van der Waals surface area contributed by atoms with Crippen molar-refractivity contribution in [2.45, 2.75) is 85.6 Å². The lowest BCUT2D eigenvalue weighted by molar-refractivity contribution is -0.160. The number of fused-ring (bicyclic) bond motifs is 14. The maximum atomic E-state index is 14.2. The van der Waals surface area contributed by atoms with Gasteiger partial charge in [0.15, 0.2) is 5.75 Å². The van der Waals surface area contributed by atoms with Crippen LogP contribution in [-0.4, -0.2) is 92.8 Å². The molecule has 9 unspecified atom stereocenters. The molecule has 304 valence electrons. The van der Waals surface area contributed by atoms with Crippen LogP contribution < -0.4 is 21.2 Å². The molecule has 9 N–H and O–H groups in total. The number of allylic oxidation sites excluding steroid dienone is 2. The van der Waals surface area contributed by atoms with Gasteiger partial charge >= 0.3 is 17.8 Å². The van der Waals surface area contributed by atoms with Crippen LogP contribution in [0.2, 0.25) is 0 Å². The van der Waals surface area contributed by atoms with Gasteiger partial charge in [0, 0.05) is 61.2 Å². The van der Waals surface area contributed by atoms with Crippen molar-refractivity contribution in [3.8, 4) is 23.0 Å². The number of nitrogens with one attached hydrogen (secondary N) is 2. The fourth-order valence-corrected chi connectivity index (χ4v) is 7.03. The average molecular weight is 783 g/mol. The molecule has 0 radical (unpaired) electrons. The van der Waals surface area contributed by atoms with E-state index in [1.165, 1.54) is 53.0 Å². The number of hydrazone groups is 1. The zero-order valence-electron chi connectivity index (χ0n) is 32.6. The second-order valence-electron chi connectivity index (χ2n) is 14.4. The van der Waals surface area contributed by atoms with Crippen molar-refractivity contribution in [1.29, 1.82) is 0 Å². The Morgan fingerprint density at radius 3 is 2.25 bits per heavy atom. The third-order valence-electron chi connectivity index (χ3n) is 10.4. The fraction of sp³-hybridized carbons (Fsp3) is 0.462. The molecule has 0 saturated heterocycles. The number of aliphatic hydroxyl groups excluding tert-OH is 2. The SMILES string of the molecule is COC1/C=C\OC2(C)Oc3c(C)c(O)c4c(O)c(c(/C=N\NC(N)=O)c(O)c4c3C2=O)NC(=O)/C(C)=C\C=C/C(C)C(O)C(C)C(O)C(C)C(OC(C)=O)C1C. The molecule has 0 aliphatic carbocycles. The van der Waals surface area contributed by atoms with Crippen LogP contribution in [-0.2, 0) is 23.8 Å². The lowest BCUT2D eigenvalue weighted by Gasteiger charge is -2.38. The molecule has 3 heterocycles. The number of methoxy groups -OCH3 is 1. The first-order valence-electron chi connectivity index (χ1n) is 17.8. The van der Waals surface area contributed by atoms with Gasteiger partial charge in [-0.05, 0) is 19.9 Å². The van der Waals surface area contributed by atoms with Crippen LogP contribution in [0.4, 0.5) is 10.5 Å². The Labute approximate surface area is 323 Å². The Balaban J connectivity index is 1.98. The number of primary amides is 1. The standard InChI is InChI=1S/C39H50N4O13/c1-16-11-10-12-17(2)37(51)42-28-23(15-41-43-38(40)52)32(48)25-26(33(28)49)31(47)21(6)35-27(25)36(50)39(8,56-35)54-14-13-24(53-9)18(3)34(55-22(7)44)20(5)30(46)19(4)29(16)45/h10-16,18-20,24,29-30,34,45-49H,1-9H3,(H,42,51)(H3,40,43,52)/b11-10-,14-13-,17-12-,41-15-. The molecule has 17 heteroatoms. The maximum absolute atomic E-state index is 14.2. The molecule has 0 spiro atoms. The third-order valence-corrected chi connectivity index (χ3v) is 10.4. The summed E-state index contributed by atoms with van der Waals surface area (Å²) in [5, 5.41) is 62.9. The number of hydrogen-bond donors (Lipinski definition) is 8. The first kappa shape index (κ1) is 43.1. The highest BCUT2D eigenvalue weighted by atomic mass is 16.7. The highest BCUT2D eigenvalue weighted by molar-refractivity contribution is 6.23. The zero-order valence-corrected chi connectivity index (χ0v) is 32.6. The van der Waals surface area contributed by atoms with E-state index in [4.69, 9.17) is 24.7 Å². The molecule has 3 amide bonds. The van der Waals surface area contributed by atoms with Gasteiger partial charge in [-0.15, -0.1) is 0 Å².